The number of hydrogen-bond donors (Lipinski definition) is 1. The van der Waals surface area contributed by atoms with Crippen molar-refractivity contribution in [1.29, 1.82) is 0 Å². The number of hydrogen-bond acceptors (Lipinski definition) is 6. The summed E-state index contributed by atoms with van der Waals surface area (Å²) in [6, 6.07) is 27.3. The fourth-order valence-corrected chi connectivity index (χ4v) is 6.73. The van der Waals surface area contributed by atoms with Crippen molar-refractivity contribution in [1.82, 2.24) is 5.32 Å². The average molecular weight is 623 g/mol. The van der Waals surface area contributed by atoms with Gasteiger partial charge in [0.1, 0.15) is 0 Å². The first kappa shape index (κ1) is 35.0. The molecule has 224 valence electrons. The van der Waals surface area contributed by atoms with Crippen molar-refractivity contribution in [3.63, 3.8) is 0 Å². The van der Waals surface area contributed by atoms with Crippen LogP contribution >= 0.6 is 11.8 Å². The van der Waals surface area contributed by atoms with Crippen LogP contribution in [0.3, 0.4) is 0 Å². The molecule has 10 heteroatoms. The Hall–Kier alpha value is -3.48. The van der Waals surface area contributed by atoms with Gasteiger partial charge in [-0.1, -0.05) is 67.6 Å². The minimum absolute atomic E-state index is 0. The molecule has 0 saturated carbocycles. The van der Waals surface area contributed by atoms with E-state index in [0.717, 1.165) is 23.1 Å². The molecule has 0 aliphatic heterocycles. The van der Waals surface area contributed by atoms with E-state index in [9.17, 15) is 23.1 Å². The molecule has 1 N–H and O–H groups in total. The van der Waals surface area contributed by atoms with Gasteiger partial charge in [-0.2, -0.15) is 11.8 Å². The summed E-state index contributed by atoms with van der Waals surface area (Å²) in [7, 11) is -3.94. The summed E-state index contributed by atoms with van der Waals surface area (Å²) in [5.41, 5.74) is 4.77. The number of amides is 1. The van der Waals surface area contributed by atoms with E-state index in [-0.39, 0.29) is 42.3 Å². The zero-order valence-corrected chi connectivity index (χ0v) is 27.1. The molecular formula is C34H35LiN2O5S2. The van der Waals surface area contributed by atoms with Crippen LogP contribution in [0.4, 0.5) is 5.69 Å². The summed E-state index contributed by atoms with van der Waals surface area (Å²) in [6.45, 7) is 3.95. The molecule has 7 nitrogen and oxygen atoms in total. The van der Waals surface area contributed by atoms with Gasteiger partial charge in [-0.3, -0.25) is 9.10 Å². The summed E-state index contributed by atoms with van der Waals surface area (Å²) in [5.74, 6) is -1.33. The number of nitrogens with zero attached hydrogens (tertiary/aromatic N) is 1. The van der Waals surface area contributed by atoms with Crippen molar-refractivity contribution in [2.75, 3.05) is 16.3 Å². The Balaban J connectivity index is 0.00000529. The predicted molar refractivity (Wildman–Crippen MR) is 172 cm³/mol. The summed E-state index contributed by atoms with van der Waals surface area (Å²) in [5, 5.41) is 14.4. The number of carbonyl (C=O) groups excluding carboxylic acids is 2. The van der Waals surface area contributed by atoms with Gasteiger partial charge in [0.05, 0.1) is 29.1 Å². The van der Waals surface area contributed by atoms with Crippen molar-refractivity contribution < 1.29 is 42.0 Å². The normalized spacial score (nSPS) is 11.7. The number of aryl methyl sites for hydroxylation is 2. The largest absolute Gasteiger partial charge is 1.00 e. The van der Waals surface area contributed by atoms with Gasteiger partial charge < -0.3 is 15.2 Å². The number of benzene rings is 4. The van der Waals surface area contributed by atoms with Gasteiger partial charge >= 0.3 is 18.9 Å². The molecule has 0 aliphatic carbocycles. The molecular weight excluding hydrogens is 587 g/mol. The van der Waals surface area contributed by atoms with Crippen LogP contribution in [0.15, 0.2) is 102 Å². The van der Waals surface area contributed by atoms with E-state index in [0.29, 0.717) is 22.6 Å². The van der Waals surface area contributed by atoms with Crippen molar-refractivity contribution in [3.8, 4) is 11.1 Å². The molecule has 0 saturated heterocycles. The molecule has 44 heavy (non-hydrogen) atoms. The molecule has 0 aliphatic rings. The Morgan fingerprint density at radius 2 is 1.52 bits per heavy atom. The van der Waals surface area contributed by atoms with Gasteiger partial charge in [0, 0.05) is 5.56 Å². The Morgan fingerprint density at radius 1 is 0.886 bits per heavy atom. The van der Waals surface area contributed by atoms with Crippen LogP contribution in [-0.4, -0.2) is 38.3 Å². The van der Waals surface area contributed by atoms with E-state index in [2.05, 4.69) is 5.32 Å². The third-order valence-electron chi connectivity index (χ3n) is 7.25. The molecule has 4 aromatic carbocycles. The quantitative estimate of drug-likeness (QED) is 0.229. The van der Waals surface area contributed by atoms with E-state index in [1.807, 2.05) is 62.6 Å². The van der Waals surface area contributed by atoms with Crippen LogP contribution in [-0.2, 0) is 27.8 Å². The van der Waals surface area contributed by atoms with Crippen LogP contribution in [0, 0.1) is 6.92 Å². The van der Waals surface area contributed by atoms with Gasteiger partial charge in [-0.15, -0.1) is 0 Å². The Bertz CT molecular complexity index is 1680. The minimum Gasteiger partial charge on any atom is -0.548 e. The maximum Gasteiger partial charge on any atom is 1.00 e. The second-order valence-corrected chi connectivity index (χ2v) is 13.0. The van der Waals surface area contributed by atoms with Gasteiger partial charge in [-0.05, 0) is 96.0 Å². The van der Waals surface area contributed by atoms with Gasteiger partial charge in [0.25, 0.3) is 15.9 Å². The standard InChI is InChI=1S/C34H36N2O5S2.Li/c1-4-25-14-17-28(18-15-25)43(40,41)36(27-11-6-5-7-12-27)23-26-16-19-30(31(22-26)29-13-9-8-10-24(29)2)33(37)35-32(34(38)39)20-21-42-3;/h5-19,22,32H,4,20-21,23H2,1-3H3,(H,35,37)(H,38,39);/q;+1/p-1. The Labute approximate surface area is 276 Å². The van der Waals surface area contributed by atoms with Gasteiger partial charge in [0.15, 0.2) is 0 Å². The van der Waals surface area contributed by atoms with Crippen molar-refractivity contribution in [2.45, 2.75) is 44.2 Å². The third kappa shape index (κ3) is 8.36. The molecule has 0 aromatic heterocycles. The molecule has 1 amide bonds. The van der Waals surface area contributed by atoms with Crippen LogP contribution in [0.2, 0.25) is 0 Å². The number of rotatable bonds is 13. The second kappa shape index (κ2) is 16.0. The molecule has 0 heterocycles. The number of carbonyl (C=O) groups is 2. The van der Waals surface area contributed by atoms with Crippen LogP contribution in [0.5, 0.6) is 0 Å². The third-order valence-corrected chi connectivity index (χ3v) is 9.69. The minimum atomic E-state index is -3.94. The van der Waals surface area contributed by atoms with E-state index in [4.69, 9.17) is 0 Å². The SMILES string of the molecule is CCc1ccc(S(=O)(=O)N(Cc2ccc(C(=O)NC(CCSC)C(=O)[O-])c(-c3ccccc3C)c2)c2ccccc2)cc1.[Li+]. The van der Waals surface area contributed by atoms with Crippen LogP contribution < -0.4 is 33.6 Å². The molecule has 0 fully saturated rings. The molecule has 1 unspecified atom stereocenters. The van der Waals surface area contributed by atoms with E-state index in [1.165, 1.54) is 16.1 Å². The second-order valence-electron chi connectivity index (χ2n) is 10.2. The summed E-state index contributed by atoms with van der Waals surface area (Å²) < 4.78 is 29.3. The number of carboxylic acid groups (broad SMARTS) is 1. The molecule has 0 radical (unpaired) electrons. The van der Waals surface area contributed by atoms with E-state index in [1.54, 1.807) is 54.6 Å². The van der Waals surface area contributed by atoms with Crippen molar-refractivity contribution >= 4 is 39.3 Å². The number of sulfonamides is 1. The van der Waals surface area contributed by atoms with Gasteiger partial charge in [-0.25, -0.2) is 8.42 Å². The maximum absolute atomic E-state index is 14.0. The Kier molecular flexibility index (Phi) is 12.7. The van der Waals surface area contributed by atoms with Crippen LogP contribution in [0.25, 0.3) is 11.1 Å². The molecule has 0 bridgehead atoms. The topological polar surface area (TPSA) is 107 Å². The zero-order valence-electron chi connectivity index (χ0n) is 25.4. The molecule has 0 spiro atoms. The number of aliphatic carboxylic acids is 1. The molecule has 4 aromatic rings. The Morgan fingerprint density at radius 3 is 2.14 bits per heavy atom. The summed E-state index contributed by atoms with van der Waals surface area (Å²) in [6.07, 6.45) is 2.89. The van der Waals surface area contributed by atoms with Gasteiger partial charge in [0.2, 0.25) is 0 Å². The fourth-order valence-electron chi connectivity index (χ4n) is 4.81. The maximum atomic E-state index is 14.0. The van der Waals surface area contributed by atoms with E-state index < -0.39 is 27.9 Å². The number of carboxylic acids is 1. The fraction of sp³-hybridized carbons (Fsp3) is 0.235. The number of anilines is 1. The predicted octanol–water partition coefficient (Wildman–Crippen LogP) is 2.23. The summed E-state index contributed by atoms with van der Waals surface area (Å²) >= 11 is 1.48. The van der Waals surface area contributed by atoms with E-state index >= 15 is 0 Å². The van der Waals surface area contributed by atoms with Crippen molar-refractivity contribution in [3.05, 3.63) is 119 Å². The number of thioether (sulfide) groups is 1. The number of nitrogens with one attached hydrogen (secondary N) is 1. The monoisotopic (exact) mass is 622 g/mol. The number of para-hydroxylation sites is 1. The first-order chi connectivity index (χ1) is 20.6. The summed E-state index contributed by atoms with van der Waals surface area (Å²) in [4.78, 5) is 25.4. The van der Waals surface area contributed by atoms with Crippen LogP contribution in [0.1, 0.15) is 40.4 Å². The zero-order chi connectivity index (χ0) is 31.0. The first-order valence-corrected chi connectivity index (χ1v) is 16.9. The van der Waals surface area contributed by atoms with Crippen molar-refractivity contribution in [2.24, 2.45) is 0 Å². The molecule has 1 atom stereocenters. The first-order valence-electron chi connectivity index (χ1n) is 14.0. The smallest absolute Gasteiger partial charge is 0.548 e. The molecule has 4 rings (SSSR count). The average Bonchev–Trinajstić information content (AvgIpc) is 3.02.